The van der Waals surface area contributed by atoms with Crippen LogP contribution in [0.15, 0.2) is 29.9 Å². The molecule has 15 heavy (non-hydrogen) atoms. The second-order valence-corrected chi connectivity index (χ2v) is 4.02. The summed E-state index contributed by atoms with van der Waals surface area (Å²) in [7, 11) is 0. The molecule has 0 aromatic carbocycles. The van der Waals surface area contributed by atoms with Crippen LogP contribution >= 0.6 is 11.3 Å². The summed E-state index contributed by atoms with van der Waals surface area (Å²) in [6.07, 6.45) is 3.24. The molecule has 0 amide bonds. The van der Waals surface area contributed by atoms with Gasteiger partial charge in [0.25, 0.3) is 0 Å². The van der Waals surface area contributed by atoms with Crippen LogP contribution in [0.3, 0.4) is 0 Å². The number of aromatic nitrogens is 2. The highest BCUT2D eigenvalue weighted by Gasteiger charge is 1.97. The fourth-order valence-electron chi connectivity index (χ4n) is 1.16. The van der Waals surface area contributed by atoms with Crippen molar-refractivity contribution in [1.82, 2.24) is 15.3 Å². The topological polar surface area (TPSA) is 58.0 Å². The lowest BCUT2D eigenvalue weighted by Gasteiger charge is -2.01. The number of rotatable bonds is 4. The first-order chi connectivity index (χ1) is 7.34. The van der Waals surface area contributed by atoms with Gasteiger partial charge >= 0.3 is 0 Å². The lowest BCUT2D eigenvalue weighted by molar-refractivity contribution is 0.471. The molecule has 2 aromatic heterocycles. The van der Waals surface area contributed by atoms with Gasteiger partial charge < -0.3 is 10.4 Å². The van der Waals surface area contributed by atoms with Crippen LogP contribution in [0.25, 0.3) is 0 Å². The number of aromatic hydroxyl groups is 1. The lowest BCUT2D eigenvalue weighted by atomic mass is 10.3. The molecule has 2 aromatic rings. The summed E-state index contributed by atoms with van der Waals surface area (Å²) in [6.45, 7) is 1.43. The Morgan fingerprint density at radius 3 is 2.87 bits per heavy atom. The zero-order valence-electron chi connectivity index (χ0n) is 8.05. The van der Waals surface area contributed by atoms with E-state index in [4.69, 9.17) is 5.11 Å². The molecule has 0 saturated carbocycles. The molecule has 4 nitrogen and oxygen atoms in total. The van der Waals surface area contributed by atoms with E-state index in [9.17, 15) is 0 Å². The monoisotopic (exact) mass is 221 g/mol. The van der Waals surface area contributed by atoms with Crippen LogP contribution in [0.1, 0.15) is 10.7 Å². The summed E-state index contributed by atoms with van der Waals surface area (Å²) < 4.78 is 0. The average molecular weight is 221 g/mol. The van der Waals surface area contributed by atoms with Crippen molar-refractivity contribution in [3.05, 3.63) is 40.6 Å². The third-order valence-electron chi connectivity index (χ3n) is 1.87. The van der Waals surface area contributed by atoms with Crippen LogP contribution in [-0.4, -0.2) is 15.1 Å². The predicted octanol–water partition coefficient (Wildman–Crippen LogP) is 1.53. The SMILES string of the molecule is Oc1ccc(CNCc2nccs2)nc1. The van der Waals surface area contributed by atoms with Crippen molar-refractivity contribution in [3.63, 3.8) is 0 Å². The quantitative estimate of drug-likeness (QED) is 0.822. The standard InChI is InChI=1S/C10H11N3OS/c14-9-2-1-8(13-6-9)5-11-7-10-12-3-4-15-10/h1-4,6,11,14H,5,7H2. The number of pyridine rings is 1. The van der Waals surface area contributed by atoms with Crippen LogP contribution in [-0.2, 0) is 13.1 Å². The number of nitrogens with one attached hydrogen (secondary N) is 1. The fourth-order valence-corrected chi connectivity index (χ4v) is 1.74. The van der Waals surface area contributed by atoms with Crippen LogP contribution in [0.4, 0.5) is 0 Å². The zero-order valence-corrected chi connectivity index (χ0v) is 8.87. The summed E-state index contributed by atoms with van der Waals surface area (Å²) in [6, 6.07) is 3.43. The van der Waals surface area contributed by atoms with Crippen LogP contribution < -0.4 is 5.32 Å². The predicted molar refractivity (Wildman–Crippen MR) is 58.6 cm³/mol. The molecule has 0 radical (unpaired) electrons. The van der Waals surface area contributed by atoms with Gasteiger partial charge in [-0.25, -0.2) is 4.98 Å². The van der Waals surface area contributed by atoms with Gasteiger partial charge in [0, 0.05) is 24.7 Å². The molecule has 0 aliphatic rings. The van der Waals surface area contributed by atoms with Crippen LogP contribution in [0, 0.1) is 0 Å². The van der Waals surface area contributed by atoms with E-state index in [1.807, 2.05) is 5.38 Å². The molecular formula is C10H11N3OS. The molecule has 0 aliphatic carbocycles. The Bertz CT molecular complexity index is 399. The van der Waals surface area contributed by atoms with E-state index < -0.39 is 0 Å². The molecule has 0 spiro atoms. The summed E-state index contributed by atoms with van der Waals surface area (Å²) in [4.78, 5) is 8.22. The van der Waals surface area contributed by atoms with Gasteiger partial charge in [0.1, 0.15) is 10.8 Å². The van der Waals surface area contributed by atoms with E-state index in [1.54, 1.807) is 29.7 Å². The first-order valence-electron chi connectivity index (χ1n) is 4.57. The zero-order chi connectivity index (χ0) is 10.5. The van der Waals surface area contributed by atoms with E-state index in [1.165, 1.54) is 6.20 Å². The maximum atomic E-state index is 9.04. The Kier molecular flexibility index (Phi) is 3.26. The Morgan fingerprint density at radius 2 is 2.20 bits per heavy atom. The minimum atomic E-state index is 0.193. The molecule has 0 saturated heterocycles. The van der Waals surface area contributed by atoms with Gasteiger partial charge in [0.2, 0.25) is 0 Å². The van der Waals surface area contributed by atoms with E-state index in [0.717, 1.165) is 17.2 Å². The molecule has 0 bridgehead atoms. The van der Waals surface area contributed by atoms with Gasteiger partial charge in [0.15, 0.2) is 0 Å². The molecule has 78 valence electrons. The second kappa shape index (κ2) is 4.86. The van der Waals surface area contributed by atoms with Gasteiger partial charge in [-0.2, -0.15) is 0 Å². The number of hydrogen-bond acceptors (Lipinski definition) is 5. The number of nitrogens with zero attached hydrogens (tertiary/aromatic N) is 2. The number of thiazole rings is 1. The maximum Gasteiger partial charge on any atom is 0.133 e. The van der Waals surface area contributed by atoms with Gasteiger partial charge in [-0.3, -0.25) is 4.98 Å². The smallest absolute Gasteiger partial charge is 0.133 e. The van der Waals surface area contributed by atoms with Crippen molar-refractivity contribution in [2.24, 2.45) is 0 Å². The molecule has 2 heterocycles. The van der Waals surface area contributed by atoms with Gasteiger partial charge in [-0.15, -0.1) is 11.3 Å². The Labute approximate surface area is 91.6 Å². The summed E-state index contributed by atoms with van der Waals surface area (Å²) in [5.41, 5.74) is 0.907. The lowest BCUT2D eigenvalue weighted by Crippen LogP contribution is -2.13. The molecule has 2 N–H and O–H groups in total. The van der Waals surface area contributed by atoms with Crippen molar-refractivity contribution in [1.29, 1.82) is 0 Å². The summed E-state index contributed by atoms with van der Waals surface area (Å²) >= 11 is 1.63. The largest absolute Gasteiger partial charge is 0.506 e. The molecule has 0 fully saturated rings. The first-order valence-corrected chi connectivity index (χ1v) is 5.45. The average Bonchev–Trinajstić information content (AvgIpc) is 2.74. The molecule has 0 atom stereocenters. The van der Waals surface area contributed by atoms with E-state index >= 15 is 0 Å². The Balaban J connectivity index is 1.81. The van der Waals surface area contributed by atoms with Crippen molar-refractivity contribution >= 4 is 11.3 Å². The normalized spacial score (nSPS) is 10.4. The first kappa shape index (κ1) is 10.1. The van der Waals surface area contributed by atoms with Crippen LogP contribution in [0.5, 0.6) is 5.75 Å². The van der Waals surface area contributed by atoms with E-state index in [0.29, 0.717) is 6.54 Å². The molecule has 0 aliphatic heterocycles. The van der Waals surface area contributed by atoms with Crippen LogP contribution in [0.2, 0.25) is 0 Å². The molecule has 0 unspecified atom stereocenters. The third-order valence-corrected chi connectivity index (χ3v) is 2.65. The van der Waals surface area contributed by atoms with E-state index in [2.05, 4.69) is 15.3 Å². The summed E-state index contributed by atoms with van der Waals surface area (Å²) in [5, 5.41) is 15.3. The van der Waals surface area contributed by atoms with E-state index in [-0.39, 0.29) is 5.75 Å². The highest BCUT2D eigenvalue weighted by molar-refractivity contribution is 7.09. The fraction of sp³-hybridized carbons (Fsp3) is 0.200. The molecular weight excluding hydrogens is 210 g/mol. The van der Waals surface area contributed by atoms with Crippen molar-refractivity contribution in [3.8, 4) is 5.75 Å². The minimum absolute atomic E-state index is 0.193. The highest BCUT2D eigenvalue weighted by Crippen LogP contribution is 2.06. The highest BCUT2D eigenvalue weighted by atomic mass is 32.1. The second-order valence-electron chi connectivity index (χ2n) is 3.04. The number of hydrogen-bond donors (Lipinski definition) is 2. The van der Waals surface area contributed by atoms with Crippen molar-refractivity contribution < 1.29 is 5.11 Å². The van der Waals surface area contributed by atoms with Crippen molar-refractivity contribution in [2.75, 3.05) is 0 Å². The Morgan fingerprint density at radius 1 is 1.27 bits per heavy atom. The van der Waals surface area contributed by atoms with Gasteiger partial charge in [0.05, 0.1) is 11.9 Å². The van der Waals surface area contributed by atoms with Crippen molar-refractivity contribution in [2.45, 2.75) is 13.1 Å². The van der Waals surface area contributed by atoms with Gasteiger partial charge in [-0.05, 0) is 12.1 Å². The minimum Gasteiger partial charge on any atom is -0.506 e. The third kappa shape index (κ3) is 3.00. The maximum absolute atomic E-state index is 9.04. The summed E-state index contributed by atoms with van der Waals surface area (Å²) in [5.74, 6) is 0.193. The Hall–Kier alpha value is -1.46. The molecule has 2 rings (SSSR count). The molecule has 5 heteroatoms. The van der Waals surface area contributed by atoms with Gasteiger partial charge in [-0.1, -0.05) is 0 Å².